The highest BCUT2D eigenvalue weighted by Gasteiger charge is 2.30. The van der Waals surface area contributed by atoms with Gasteiger partial charge in [-0.25, -0.2) is 4.98 Å². The van der Waals surface area contributed by atoms with Gasteiger partial charge in [-0.05, 0) is 12.8 Å². The van der Waals surface area contributed by atoms with Crippen LogP contribution in [0, 0.1) is 0 Å². The predicted octanol–water partition coefficient (Wildman–Crippen LogP) is 1.90. The maximum absolute atomic E-state index is 4.21. The second-order valence-corrected chi connectivity index (χ2v) is 4.39. The second kappa shape index (κ2) is 3.70. The molecule has 1 saturated carbocycles. The summed E-state index contributed by atoms with van der Waals surface area (Å²) in [5.41, 5.74) is 0. The maximum atomic E-state index is 4.21. The van der Waals surface area contributed by atoms with Gasteiger partial charge in [0, 0.05) is 29.4 Å². The first kappa shape index (κ1) is 8.44. The Morgan fingerprint density at radius 2 is 2.50 bits per heavy atom. The molecule has 0 aromatic carbocycles. The third-order valence-electron chi connectivity index (χ3n) is 1.91. The van der Waals surface area contributed by atoms with Gasteiger partial charge in [0.2, 0.25) is 5.13 Å². The van der Waals surface area contributed by atoms with Crippen molar-refractivity contribution >= 4 is 32.6 Å². The van der Waals surface area contributed by atoms with E-state index in [1.165, 1.54) is 24.4 Å². The van der Waals surface area contributed by atoms with E-state index in [4.69, 9.17) is 0 Å². The van der Waals surface area contributed by atoms with Gasteiger partial charge < -0.3 is 4.90 Å². The Morgan fingerprint density at radius 1 is 1.67 bits per heavy atom. The summed E-state index contributed by atoms with van der Waals surface area (Å²) in [5, 5.41) is 2.07. The number of nitrogens with zero attached hydrogens (tertiary/aromatic N) is 3. The fourth-order valence-electron chi connectivity index (χ4n) is 1.21. The molecular formula is C7H10BrN3S. The summed E-state index contributed by atoms with van der Waals surface area (Å²) in [5.74, 6) is 0. The standard InChI is InChI=1S/C7H10BrN3S/c8-3-4-11(6-1-2-6)7-9-5-10-12-7/h5-6H,1-4H2. The van der Waals surface area contributed by atoms with E-state index >= 15 is 0 Å². The molecule has 1 aliphatic carbocycles. The SMILES string of the molecule is BrCCN(c1ncns1)C1CC1. The molecule has 0 radical (unpaired) electrons. The molecule has 0 aliphatic heterocycles. The zero-order valence-electron chi connectivity index (χ0n) is 6.61. The fourth-order valence-corrected chi connectivity index (χ4v) is 2.22. The number of halogens is 1. The monoisotopic (exact) mass is 247 g/mol. The number of hydrogen-bond donors (Lipinski definition) is 0. The van der Waals surface area contributed by atoms with Crippen molar-refractivity contribution in [2.24, 2.45) is 0 Å². The minimum Gasteiger partial charge on any atom is -0.343 e. The molecule has 0 amide bonds. The van der Waals surface area contributed by atoms with Crippen molar-refractivity contribution in [1.82, 2.24) is 9.36 Å². The van der Waals surface area contributed by atoms with Crippen molar-refractivity contribution in [3.05, 3.63) is 6.33 Å². The molecule has 1 aliphatic rings. The summed E-state index contributed by atoms with van der Waals surface area (Å²) < 4.78 is 4.01. The lowest BCUT2D eigenvalue weighted by molar-refractivity contribution is 0.828. The summed E-state index contributed by atoms with van der Waals surface area (Å²) in [4.78, 5) is 6.55. The van der Waals surface area contributed by atoms with E-state index in [-0.39, 0.29) is 0 Å². The van der Waals surface area contributed by atoms with Gasteiger partial charge in [-0.2, -0.15) is 4.37 Å². The number of rotatable bonds is 4. The maximum Gasteiger partial charge on any atom is 0.205 e. The normalized spacial score (nSPS) is 16.4. The van der Waals surface area contributed by atoms with Crippen LogP contribution in [-0.2, 0) is 0 Å². The highest BCUT2D eigenvalue weighted by Crippen LogP contribution is 2.31. The van der Waals surface area contributed by atoms with Crippen LogP contribution in [0.2, 0.25) is 0 Å². The number of anilines is 1. The van der Waals surface area contributed by atoms with Crippen molar-refractivity contribution in [3.63, 3.8) is 0 Å². The minimum absolute atomic E-state index is 0.732. The third kappa shape index (κ3) is 1.77. The summed E-state index contributed by atoms with van der Waals surface area (Å²) in [6, 6.07) is 0.732. The van der Waals surface area contributed by atoms with Crippen LogP contribution >= 0.6 is 27.5 Å². The Balaban J connectivity index is 2.05. The van der Waals surface area contributed by atoms with E-state index < -0.39 is 0 Å². The van der Waals surface area contributed by atoms with Gasteiger partial charge in [-0.3, -0.25) is 0 Å². The summed E-state index contributed by atoms with van der Waals surface area (Å²) in [7, 11) is 0. The first-order chi connectivity index (χ1) is 5.92. The van der Waals surface area contributed by atoms with Crippen molar-refractivity contribution in [2.45, 2.75) is 18.9 Å². The lowest BCUT2D eigenvalue weighted by Crippen LogP contribution is -2.27. The Kier molecular flexibility index (Phi) is 2.60. The molecule has 1 aromatic rings. The lowest BCUT2D eigenvalue weighted by atomic mass is 10.5. The van der Waals surface area contributed by atoms with Gasteiger partial charge in [-0.1, -0.05) is 15.9 Å². The molecule has 5 heteroatoms. The smallest absolute Gasteiger partial charge is 0.205 e. The first-order valence-electron chi connectivity index (χ1n) is 4.01. The van der Waals surface area contributed by atoms with Crippen molar-refractivity contribution in [3.8, 4) is 0 Å². The van der Waals surface area contributed by atoms with Crippen LogP contribution in [0.25, 0.3) is 0 Å². The molecule has 1 aromatic heterocycles. The van der Waals surface area contributed by atoms with Crippen LogP contribution in [0.5, 0.6) is 0 Å². The van der Waals surface area contributed by atoms with E-state index in [1.807, 2.05) is 0 Å². The molecule has 66 valence electrons. The zero-order valence-corrected chi connectivity index (χ0v) is 9.01. The van der Waals surface area contributed by atoms with E-state index in [9.17, 15) is 0 Å². The van der Waals surface area contributed by atoms with E-state index in [1.54, 1.807) is 6.33 Å². The Morgan fingerprint density at radius 3 is 3.00 bits per heavy atom. The largest absolute Gasteiger partial charge is 0.343 e. The molecule has 2 rings (SSSR count). The van der Waals surface area contributed by atoms with E-state index in [0.717, 1.165) is 23.0 Å². The second-order valence-electron chi connectivity index (χ2n) is 2.84. The molecule has 0 saturated heterocycles. The Hall–Kier alpha value is -0.160. The van der Waals surface area contributed by atoms with Crippen molar-refractivity contribution in [2.75, 3.05) is 16.8 Å². The summed E-state index contributed by atoms with van der Waals surface area (Å²) >= 11 is 4.93. The van der Waals surface area contributed by atoms with Gasteiger partial charge in [0.1, 0.15) is 6.33 Å². The molecule has 0 unspecified atom stereocenters. The summed E-state index contributed by atoms with van der Waals surface area (Å²) in [6.07, 6.45) is 4.25. The van der Waals surface area contributed by atoms with Gasteiger partial charge in [0.15, 0.2) is 0 Å². The van der Waals surface area contributed by atoms with Crippen LogP contribution in [0.3, 0.4) is 0 Å². The Bertz CT molecular complexity index is 235. The van der Waals surface area contributed by atoms with Gasteiger partial charge in [0.05, 0.1) is 0 Å². The van der Waals surface area contributed by atoms with Crippen molar-refractivity contribution in [1.29, 1.82) is 0 Å². The van der Waals surface area contributed by atoms with Crippen LogP contribution in [0.15, 0.2) is 6.33 Å². The van der Waals surface area contributed by atoms with Gasteiger partial charge in [-0.15, -0.1) is 0 Å². The third-order valence-corrected chi connectivity index (χ3v) is 2.97. The minimum atomic E-state index is 0.732. The average molecular weight is 248 g/mol. The molecule has 0 bridgehead atoms. The van der Waals surface area contributed by atoms with Crippen molar-refractivity contribution < 1.29 is 0 Å². The quantitative estimate of drug-likeness (QED) is 0.762. The van der Waals surface area contributed by atoms with Gasteiger partial charge in [0.25, 0.3) is 0 Å². The lowest BCUT2D eigenvalue weighted by Gasteiger charge is -2.18. The molecule has 1 fully saturated rings. The number of alkyl halides is 1. The zero-order chi connectivity index (χ0) is 8.39. The highest BCUT2D eigenvalue weighted by molar-refractivity contribution is 9.09. The fraction of sp³-hybridized carbons (Fsp3) is 0.714. The average Bonchev–Trinajstić information content (AvgIpc) is 2.77. The van der Waals surface area contributed by atoms with Crippen LogP contribution in [0.4, 0.5) is 5.13 Å². The predicted molar refractivity (Wildman–Crippen MR) is 54.1 cm³/mol. The molecule has 12 heavy (non-hydrogen) atoms. The molecule has 3 nitrogen and oxygen atoms in total. The molecule has 0 spiro atoms. The first-order valence-corrected chi connectivity index (χ1v) is 5.90. The van der Waals surface area contributed by atoms with Crippen LogP contribution in [-0.4, -0.2) is 27.3 Å². The molecule has 0 atom stereocenters. The Labute approximate surface area is 84.1 Å². The number of aromatic nitrogens is 2. The molecule has 0 N–H and O–H groups in total. The summed E-state index contributed by atoms with van der Waals surface area (Å²) in [6.45, 7) is 1.04. The van der Waals surface area contributed by atoms with Gasteiger partial charge >= 0.3 is 0 Å². The topological polar surface area (TPSA) is 29.0 Å². The molecule has 1 heterocycles. The highest BCUT2D eigenvalue weighted by atomic mass is 79.9. The van der Waals surface area contributed by atoms with E-state index in [0.29, 0.717) is 0 Å². The van der Waals surface area contributed by atoms with Crippen LogP contribution < -0.4 is 4.90 Å². The number of hydrogen-bond acceptors (Lipinski definition) is 4. The van der Waals surface area contributed by atoms with Crippen LogP contribution in [0.1, 0.15) is 12.8 Å². The van der Waals surface area contributed by atoms with E-state index in [2.05, 4.69) is 30.2 Å². The molecular weight excluding hydrogens is 238 g/mol.